The predicted molar refractivity (Wildman–Crippen MR) is 59.3 cm³/mol. The van der Waals surface area contributed by atoms with E-state index in [9.17, 15) is 4.79 Å². The average Bonchev–Trinajstić information content (AvgIpc) is 2.33. The summed E-state index contributed by atoms with van der Waals surface area (Å²) >= 11 is 0. The van der Waals surface area contributed by atoms with Gasteiger partial charge in [0.15, 0.2) is 0 Å². The third-order valence-corrected chi connectivity index (χ3v) is 1.93. The molecular weight excluding hydrogens is 204 g/mol. The molecule has 1 aromatic rings. The lowest BCUT2D eigenvalue weighted by atomic mass is 10.2. The zero-order valence-electron chi connectivity index (χ0n) is 8.98. The maximum atomic E-state index is 11.2. The van der Waals surface area contributed by atoms with E-state index in [1.807, 2.05) is 36.4 Å². The summed E-state index contributed by atoms with van der Waals surface area (Å²) < 4.78 is 5.02. The topological polar surface area (TPSA) is 62.1 Å². The molecule has 0 fully saturated rings. The second-order valence-electron chi connectivity index (χ2n) is 3.23. The molecule has 4 nitrogen and oxygen atoms in total. The molecule has 0 aliphatic rings. The van der Waals surface area contributed by atoms with Crippen molar-refractivity contribution in [3.8, 4) is 6.07 Å². The number of benzene rings is 1. The summed E-state index contributed by atoms with van der Waals surface area (Å²) in [5, 5.41) is 11.1. The van der Waals surface area contributed by atoms with Gasteiger partial charge in [-0.05, 0) is 5.56 Å². The highest BCUT2D eigenvalue weighted by molar-refractivity contribution is 5.71. The van der Waals surface area contributed by atoms with Gasteiger partial charge in [-0.2, -0.15) is 5.26 Å². The number of nitriles is 1. The molecule has 0 aromatic heterocycles. The van der Waals surface area contributed by atoms with Gasteiger partial charge in [0.25, 0.3) is 0 Å². The molecule has 16 heavy (non-hydrogen) atoms. The molecule has 0 amide bonds. The number of nitrogens with zero attached hydrogens (tertiary/aromatic N) is 1. The first-order chi connectivity index (χ1) is 7.83. The van der Waals surface area contributed by atoms with Gasteiger partial charge in [-0.15, -0.1) is 0 Å². The Balaban J connectivity index is 2.14. The van der Waals surface area contributed by atoms with Crippen molar-refractivity contribution in [2.75, 3.05) is 13.1 Å². The maximum Gasteiger partial charge on any atom is 0.320 e. The van der Waals surface area contributed by atoms with Gasteiger partial charge >= 0.3 is 5.97 Å². The molecule has 0 saturated carbocycles. The van der Waals surface area contributed by atoms with Crippen LogP contribution >= 0.6 is 0 Å². The average molecular weight is 218 g/mol. The standard InChI is InChI=1S/C12H14N2O2/c13-7-4-8-14-9-12(15)16-10-11-5-2-1-3-6-11/h1-3,5-6,14H,4,8-10H2. The normalized spacial score (nSPS) is 9.44. The first kappa shape index (κ1) is 12.2. The summed E-state index contributed by atoms with van der Waals surface area (Å²) in [4.78, 5) is 11.2. The Labute approximate surface area is 94.8 Å². The smallest absolute Gasteiger partial charge is 0.320 e. The first-order valence-corrected chi connectivity index (χ1v) is 5.10. The van der Waals surface area contributed by atoms with Crippen molar-refractivity contribution in [2.45, 2.75) is 13.0 Å². The third kappa shape index (κ3) is 5.13. The minimum atomic E-state index is -0.304. The maximum absolute atomic E-state index is 11.2. The van der Waals surface area contributed by atoms with Crippen molar-refractivity contribution in [3.05, 3.63) is 35.9 Å². The summed E-state index contributed by atoms with van der Waals surface area (Å²) in [5.74, 6) is -0.304. The van der Waals surface area contributed by atoms with Crippen LogP contribution in [-0.4, -0.2) is 19.1 Å². The number of nitrogens with one attached hydrogen (secondary N) is 1. The zero-order valence-corrected chi connectivity index (χ0v) is 8.98. The molecule has 0 bridgehead atoms. The quantitative estimate of drug-likeness (QED) is 0.576. The van der Waals surface area contributed by atoms with Crippen molar-refractivity contribution < 1.29 is 9.53 Å². The van der Waals surface area contributed by atoms with Crippen molar-refractivity contribution in [1.82, 2.24) is 5.32 Å². The molecular formula is C12H14N2O2. The van der Waals surface area contributed by atoms with Crippen LogP contribution in [0.25, 0.3) is 0 Å². The SMILES string of the molecule is N#CCCNCC(=O)OCc1ccccc1. The van der Waals surface area contributed by atoms with Crippen LogP contribution in [0.2, 0.25) is 0 Å². The number of ether oxygens (including phenoxy) is 1. The molecule has 0 heterocycles. The van der Waals surface area contributed by atoms with E-state index >= 15 is 0 Å². The molecule has 1 aromatic carbocycles. The number of carbonyl (C=O) groups excluding carboxylic acids is 1. The van der Waals surface area contributed by atoms with Crippen molar-refractivity contribution in [2.24, 2.45) is 0 Å². The second-order valence-corrected chi connectivity index (χ2v) is 3.23. The molecule has 0 unspecified atom stereocenters. The van der Waals surface area contributed by atoms with E-state index in [0.29, 0.717) is 19.6 Å². The van der Waals surface area contributed by atoms with Crippen LogP contribution in [-0.2, 0) is 16.1 Å². The lowest BCUT2D eigenvalue weighted by Gasteiger charge is -2.05. The molecule has 0 radical (unpaired) electrons. The minimum Gasteiger partial charge on any atom is -0.460 e. The Morgan fingerprint density at radius 3 is 2.81 bits per heavy atom. The summed E-state index contributed by atoms with van der Waals surface area (Å²) in [5.41, 5.74) is 0.966. The highest BCUT2D eigenvalue weighted by Gasteiger charge is 2.01. The van der Waals surface area contributed by atoms with Crippen LogP contribution in [0.4, 0.5) is 0 Å². The van der Waals surface area contributed by atoms with Crippen molar-refractivity contribution in [3.63, 3.8) is 0 Å². The number of esters is 1. The van der Waals surface area contributed by atoms with E-state index in [0.717, 1.165) is 5.56 Å². The van der Waals surface area contributed by atoms with Crippen molar-refractivity contribution in [1.29, 1.82) is 5.26 Å². The van der Waals surface area contributed by atoms with Gasteiger partial charge in [-0.25, -0.2) is 0 Å². The first-order valence-electron chi connectivity index (χ1n) is 5.10. The van der Waals surface area contributed by atoms with Crippen LogP contribution in [0.5, 0.6) is 0 Å². The Morgan fingerprint density at radius 2 is 2.12 bits per heavy atom. The molecule has 0 aliphatic carbocycles. The number of carbonyl (C=O) groups is 1. The monoisotopic (exact) mass is 218 g/mol. The van der Waals surface area contributed by atoms with Gasteiger partial charge < -0.3 is 10.1 Å². The van der Waals surface area contributed by atoms with E-state index < -0.39 is 0 Å². The Kier molecular flexibility index (Phi) is 5.67. The molecule has 0 aliphatic heterocycles. The highest BCUT2D eigenvalue weighted by atomic mass is 16.5. The van der Waals surface area contributed by atoms with Gasteiger partial charge in [0.2, 0.25) is 0 Å². The summed E-state index contributed by atoms with van der Waals surface area (Å²) in [7, 11) is 0. The minimum absolute atomic E-state index is 0.147. The van der Waals surface area contributed by atoms with Crippen LogP contribution in [0.15, 0.2) is 30.3 Å². The van der Waals surface area contributed by atoms with Crippen LogP contribution in [0, 0.1) is 11.3 Å². The zero-order chi connectivity index (χ0) is 11.6. The number of rotatable bonds is 6. The molecule has 1 N–H and O–H groups in total. The molecule has 0 spiro atoms. The predicted octanol–water partition coefficient (Wildman–Crippen LogP) is 1.23. The van der Waals surface area contributed by atoms with Gasteiger partial charge in [0, 0.05) is 13.0 Å². The number of hydrogen-bond acceptors (Lipinski definition) is 4. The fourth-order valence-electron chi connectivity index (χ4n) is 1.12. The van der Waals surface area contributed by atoms with Crippen LogP contribution in [0.3, 0.4) is 0 Å². The second kappa shape index (κ2) is 7.43. The molecule has 4 heteroatoms. The molecule has 84 valence electrons. The van der Waals surface area contributed by atoms with Crippen LogP contribution < -0.4 is 5.32 Å². The lowest BCUT2D eigenvalue weighted by molar-refractivity contribution is -0.143. The van der Waals surface area contributed by atoms with Gasteiger partial charge in [0.1, 0.15) is 6.61 Å². The van der Waals surface area contributed by atoms with Crippen molar-refractivity contribution >= 4 is 5.97 Å². The van der Waals surface area contributed by atoms with E-state index in [2.05, 4.69) is 5.32 Å². The summed E-state index contributed by atoms with van der Waals surface area (Å²) in [6.45, 7) is 0.949. The Hall–Kier alpha value is -1.86. The Morgan fingerprint density at radius 1 is 1.38 bits per heavy atom. The molecule has 1 rings (SSSR count). The van der Waals surface area contributed by atoms with Gasteiger partial charge in [-0.1, -0.05) is 30.3 Å². The lowest BCUT2D eigenvalue weighted by Crippen LogP contribution is -2.25. The Bertz CT molecular complexity index is 357. The number of hydrogen-bond donors (Lipinski definition) is 1. The fraction of sp³-hybridized carbons (Fsp3) is 0.333. The molecule has 0 atom stereocenters. The summed E-state index contributed by atoms with van der Waals surface area (Å²) in [6.07, 6.45) is 0.395. The van der Waals surface area contributed by atoms with Gasteiger partial charge in [-0.3, -0.25) is 4.79 Å². The van der Waals surface area contributed by atoms with E-state index in [4.69, 9.17) is 10.00 Å². The third-order valence-electron chi connectivity index (χ3n) is 1.93. The van der Waals surface area contributed by atoms with E-state index in [-0.39, 0.29) is 12.5 Å². The highest BCUT2D eigenvalue weighted by Crippen LogP contribution is 2.00. The molecule has 0 saturated heterocycles. The largest absolute Gasteiger partial charge is 0.460 e. The van der Waals surface area contributed by atoms with Gasteiger partial charge in [0.05, 0.1) is 12.6 Å². The van der Waals surface area contributed by atoms with Crippen LogP contribution in [0.1, 0.15) is 12.0 Å². The summed E-state index contributed by atoms with van der Waals surface area (Å²) in [6, 6.07) is 11.5. The van der Waals surface area contributed by atoms with E-state index in [1.54, 1.807) is 0 Å². The fourth-order valence-corrected chi connectivity index (χ4v) is 1.12. The van der Waals surface area contributed by atoms with E-state index in [1.165, 1.54) is 0 Å².